The smallest absolute Gasteiger partial charge is 0.361 e. The number of ether oxygens (including phenoxy) is 1. The molecule has 0 radical (unpaired) electrons. The molecule has 14 heavy (non-hydrogen) atoms. The maximum absolute atomic E-state index is 11.4. The topological polar surface area (TPSA) is 65.0 Å². The summed E-state index contributed by atoms with van der Waals surface area (Å²) in [5, 5.41) is 3.69. The number of rotatable bonds is 3. The second-order valence-electron chi connectivity index (χ2n) is 3.15. The Bertz CT molecular complexity index is 297. The summed E-state index contributed by atoms with van der Waals surface area (Å²) in [6.07, 6.45) is 0.859. The zero-order chi connectivity index (χ0) is 10.8. The molecular formula is C9H13NO4. The highest BCUT2D eigenvalue weighted by Crippen LogP contribution is 2.27. The SMILES string of the molecule is CCC1=NOC(C(C)=O)(C(=O)OC)C1. The third-order valence-electron chi connectivity index (χ3n) is 2.28. The van der Waals surface area contributed by atoms with Crippen molar-refractivity contribution >= 4 is 17.5 Å². The van der Waals surface area contributed by atoms with E-state index in [1.54, 1.807) is 0 Å². The third kappa shape index (κ3) is 1.49. The minimum atomic E-state index is -1.53. The normalized spacial score (nSPS) is 25.2. The number of Topliss-reactive ketones (excluding diaryl/α,β-unsaturated/α-hetero) is 1. The lowest BCUT2D eigenvalue weighted by Crippen LogP contribution is -2.46. The molecule has 1 unspecified atom stereocenters. The highest BCUT2D eigenvalue weighted by molar-refractivity contribution is 6.11. The van der Waals surface area contributed by atoms with E-state index in [0.29, 0.717) is 12.1 Å². The molecule has 0 fully saturated rings. The Morgan fingerprint density at radius 1 is 1.64 bits per heavy atom. The van der Waals surface area contributed by atoms with Crippen LogP contribution in [0, 0.1) is 0 Å². The van der Waals surface area contributed by atoms with Crippen LogP contribution in [0.25, 0.3) is 0 Å². The van der Waals surface area contributed by atoms with Crippen LogP contribution in [0.4, 0.5) is 0 Å². The van der Waals surface area contributed by atoms with Crippen molar-refractivity contribution in [2.24, 2.45) is 5.16 Å². The number of hydrogen-bond donors (Lipinski definition) is 0. The Morgan fingerprint density at radius 2 is 2.29 bits per heavy atom. The van der Waals surface area contributed by atoms with E-state index in [0.717, 1.165) is 0 Å². The molecule has 0 amide bonds. The zero-order valence-corrected chi connectivity index (χ0v) is 8.49. The van der Waals surface area contributed by atoms with Crippen molar-refractivity contribution < 1.29 is 19.2 Å². The summed E-state index contributed by atoms with van der Waals surface area (Å²) in [6, 6.07) is 0. The minimum Gasteiger partial charge on any atom is -0.466 e. The summed E-state index contributed by atoms with van der Waals surface area (Å²) in [4.78, 5) is 27.7. The van der Waals surface area contributed by atoms with Gasteiger partial charge in [-0.3, -0.25) is 4.79 Å². The molecule has 0 aromatic rings. The van der Waals surface area contributed by atoms with E-state index >= 15 is 0 Å². The average Bonchev–Trinajstić information content (AvgIpc) is 2.61. The van der Waals surface area contributed by atoms with Gasteiger partial charge < -0.3 is 9.57 Å². The number of carbonyl (C=O) groups excluding carboxylic acids is 2. The van der Waals surface area contributed by atoms with Crippen LogP contribution in [0.5, 0.6) is 0 Å². The number of methoxy groups -OCH3 is 1. The van der Waals surface area contributed by atoms with Crippen molar-refractivity contribution in [1.82, 2.24) is 0 Å². The summed E-state index contributed by atoms with van der Waals surface area (Å²) in [6.45, 7) is 3.18. The van der Waals surface area contributed by atoms with E-state index in [1.807, 2.05) is 6.92 Å². The second-order valence-corrected chi connectivity index (χ2v) is 3.15. The maximum atomic E-state index is 11.4. The Hall–Kier alpha value is -1.39. The van der Waals surface area contributed by atoms with Gasteiger partial charge in [0.1, 0.15) is 0 Å². The van der Waals surface area contributed by atoms with E-state index in [9.17, 15) is 9.59 Å². The first-order chi connectivity index (χ1) is 6.56. The van der Waals surface area contributed by atoms with Crippen LogP contribution < -0.4 is 0 Å². The van der Waals surface area contributed by atoms with Gasteiger partial charge in [-0.2, -0.15) is 0 Å². The molecule has 1 aliphatic rings. The van der Waals surface area contributed by atoms with Gasteiger partial charge in [-0.25, -0.2) is 4.79 Å². The van der Waals surface area contributed by atoms with Gasteiger partial charge in [0.05, 0.1) is 19.2 Å². The number of hydrogen-bond acceptors (Lipinski definition) is 5. The van der Waals surface area contributed by atoms with Crippen molar-refractivity contribution in [2.45, 2.75) is 32.3 Å². The van der Waals surface area contributed by atoms with E-state index in [-0.39, 0.29) is 12.2 Å². The van der Waals surface area contributed by atoms with Crippen LogP contribution in [0.3, 0.4) is 0 Å². The number of ketones is 1. The standard InChI is InChI=1S/C9H13NO4/c1-4-7-5-9(6(2)11,14-10-7)8(12)13-3/h4-5H2,1-3H3. The first-order valence-corrected chi connectivity index (χ1v) is 4.40. The molecule has 0 bridgehead atoms. The van der Waals surface area contributed by atoms with E-state index in [1.165, 1.54) is 14.0 Å². The highest BCUT2D eigenvalue weighted by Gasteiger charge is 2.51. The number of oxime groups is 1. The van der Waals surface area contributed by atoms with Crippen LogP contribution in [0.15, 0.2) is 5.16 Å². The predicted octanol–water partition coefficient (Wildman–Crippen LogP) is 0.673. The van der Waals surface area contributed by atoms with Gasteiger partial charge in [0.15, 0.2) is 5.78 Å². The Morgan fingerprint density at radius 3 is 2.64 bits per heavy atom. The molecule has 0 spiro atoms. The summed E-state index contributed by atoms with van der Waals surface area (Å²) in [7, 11) is 1.22. The fourth-order valence-electron chi connectivity index (χ4n) is 1.29. The van der Waals surface area contributed by atoms with Gasteiger partial charge in [-0.15, -0.1) is 0 Å². The first kappa shape index (κ1) is 10.7. The molecule has 0 saturated carbocycles. The van der Waals surface area contributed by atoms with Crippen LogP contribution in [0.2, 0.25) is 0 Å². The zero-order valence-electron chi connectivity index (χ0n) is 8.49. The molecule has 1 aliphatic heterocycles. The second kappa shape index (κ2) is 3.77. The number of carbonyl (C=O) groups is 2. The third-order valence-corrected chi connectivity index (χ3v) is 2.28. The van der Waals surface area contributed by atoms with Gasteiger partial charge in [-0.05, 0) is 13.3 Å². The molecule has 5 heteroatoms. The van der Waals surface area contributed by atoms with Crippen molar-refractivity contribution in [3.05, 3.63) is 0 Å². The van der Waals surface area contributed by atoms with Gasteiger partial charge in [0.2, 0.25) is 0 Å². The summed E-state index contributed by atoms with van der Waals surface area (Å²) >= 11 is 0. The molecule has 0 N–H and O–H groups in total. The minimum absolute atomic E-state index is 0.200. The van der Waals surface area contributed by atoms with E-state index in [4.69, 9.17) is 4.84 Å². The van der Waals surface area contributed by atoms with Crippen molar-refractivity contribution in [3.63, 3.8) is 0 Å². The molecule has 1 atom stereocenters. The molecule has 0 aromatic heterocycles. The predicted molar refractivity (Wildman–Crippen MR) is 48.9 cm³/mol. The van der Waals surface area contributed by atoms with Gasteiger partial charge in [0, 0.05) is 0 Å². The van der Waals surface area contributed by atoms with Gasteiger partial charge in [-0.1, -0.05) is 12.1 Å². The lowest BCUT2D eigenvalue weighted by Gasteiger charge is -2.19. The highest BCUT2D eigenvalue weighted by atomic mass is 16.7. The Labute approximate surface area is 82.1 Å². The van der Waals surface area contributed by atoms with Crippen LogP contribution in [-0.2, 0) is 19.2 Å². The molecule has 0 aliphatic carbocycles. The van der Waals surface area contributed by atoms with E-state index < -0.39 is 11.6 Å². The Kier molecular flexibility index (Phi) is 2.88. The lowest BCUT2D eigenvalue weighted by molar-refractivity contribution is -0.171. The average molecular weight is 199 g/mol. The first-order valence-electron chi connectivity index (χ1n) is 4.40. The molecule has 78 valence electrons. The molecule has 0 saturated heterocycles. The molecular weight excluding hydrogens is 186 g/mol. The number of nitrogens with zero attached hydrogens (tertiary/aromatic N) is 1. The summed E-state index contributed by atoms with van der Waals surface area (Å²) < 4.78 is 4.53. The lowest BCUT2D eigenvalue weighted by atomic mass is 9.92. The molecule has 0 aromatic carbocycles. The maximum Gasteiger partial charge on any atom is 0.361 e. The van der Waals surface area contributed by atoms with Crippen LogP contribution in [0.1, 0.15) is 26.7 Å². The largest absolute Gasteiger partial charge is 0.466 e. The molecule has 5 nitrogen and oxygen atoms in total. The van der Waals surface area contributed by atoms with Crippen molar-refractivity contribution in [2.75, 3.05) is 7.11 Å². The van der Waals surface area contributed by atoms with Crippen LogP contribution >= 0.6 is 0 Å². The van der Waals surface area contributed by atoms with Crippen molar-refractivity contribution in [1.29, 1.82) is 0 Å². The Balaban J connectivity index is 2.90. The molecule has 1 rings (SSSR count). The fourth-order valence-corrected chi connectivity index (χ4v) is 1.29. The van der Waals surface area contributed by atoms with Crippen LogP contribution in [-0.4, -0.2) is 30.2 Å². The summed E-state index contributed by atoms with van der Waals surface area (Å²) in [5.41, 5.74) is -0.828. The fraction of sp³-hybridized carbons (Fsp3) is 0.667. The van der Waals surface area contributed by atoms with Gasteiger partial charge >= 0.3 is 5.97 Å². The van der Waals surface area contributed by atoms with E-state index in [2.05, 4.69) is 9.89 Å². The van der Waals surface area contributed by atoms with Crippen molar-refractivity contribution in [3.8, 4) is 0 Å². The molecule has 1 heterocycles. The quantitative estimate of drug-likeness (QED) is 0.495. The van der Waals surface area contributed by atoms with Gasteiger partial charge in [0.25, 0.3) is 5.60 Å². The summed E-state index contributed by atoms with van der Waals surface area (Å²) in [5.74, 6) is -1.06. The monoisotopic (exact) mass is 199 g/mol. The number of esters is 1.